The minimum atomic E-state index is -0.421. The van der Waals surface area contributed by atoms with Crippen molar-refractivity contribution in [3.8, 4) is 11.4 Å². The molecule has 6 rings (SSSR count). The van der Waals surface area contributed by atoms with Crippen LogP contribution in [0.3, 0.4) is 0 Å². The van der Waals surface area contributed by atoms with Crippen LogP contribution in [0.2, 0.25) is 0 Å². The number of hydrogen-bond acceptors (Lipinski definition) is 6. The van der Waals surface area contributed by atoms with Crippen LogP contribution < -0.4 is 10.6 Å². The number of nitrogens with zero attached hydrogens (tertiary/aromatic N) is 4. The van der Waals surface area contributed by atoms with Crippen molar-refractivity contribution in [3.05, 3.63) is 65.6 Å². The lowest BCUT2D eigenvalue weighted by molar-refractivity contribution is 0.102. The molecule has 156 valence electrons. The molecule has 1 aliphatic heterocycles. The molecule has 3 aromatic heterocycles. The zero-order valence-electron chi connectivity index (χ0n) is 16.7. The summed E-state index contributed by atoms with van der Waals surface area (Å²) in [6.07, 6.45) is 4.83. The maximum Gasteiger partial charge on any atom is 0.259 e. The van der Waals surface area contributed by atoms with E-state index in [0.717, 1.165) is 30.5 Å². The van der Waals surface area contributed by atoms with E-state index in [9.17, 15) is 9.18 Å². The molecule has 1 saturated carbocycles. The summed E-state index contributed by atoms with van der Waals surface area (Å²) in [6, 6.07) is 8.47. The highest BCUT2D eigenvalue weighted by molar-refractivity contribution is 6.09. The smallest absolute Gasteiger partial charge is 0.259 e. The zero-order chi connectivity index (χ0) is 21.2. The second-order valence-corrected chi connectivity index (χ2v) is 8.23. The van der Waals surface area contributed by atoms with Gasteiger partial charge in [-0.1, -0.05) is 17.3 Å². The van der Waals surface area contributed by atoms with Crippen molar-refractivity contribution in [2.24, 2.45) is 5.92 Å². The lowest BCUT2D eigenvalue weighted by Crippen LogP contribution is -2.25. The van der Waals surface area contributed by atoms with Crippen LogP contribution in [-0.2, 0) is 5.54 Å². The van der Waals surface area contributed by atoms with Crippen molar-refractivity contribution in [3.63, 3.8) is 0 Å². The molecule has 1 aliphatic carbocycles. The molecule has 2 aliphatic rings. The van der Waals surface area contributed by atoms with Crippen molar-refractivity contribution in [2.75, 3.05) is 11.9 Å². The third kappa shape index (κ3) is 2.84. The van der Waals surface area contributed by atoms with Crippen molar-refractivity contribution in [1.82, 2.24) is 25.1 Å². The molecule has 4 heterocycles. The van der Waals surface area contributed by atoms with E-state index in [2.05, 4.69) is 25.9 Å². The molecule has 2 atom stereocenters. The van der Waals surface area contributed by atoms with Gasteiger partial charge in [-0.25, -0.2) is 8.91 Å². The first kappa shape index (κ1) is 18.2. The van der Waals surface area contributed by atoms with Crippen molar-refractivity contribution in [1.29, 1.82) is 0 Å². The van der Waals surface area contributed by atoms with Crippen LogP contribution in [0.15, 0.2) is 47.2 Å². The van der Waals surface area contributed by atoms with Crippen LogP contribution in [0.25, 0.3) is 16.9 Å². The Balaban J connectivity index is 1.28. The van der Waals surface area contributed by atoms with E-state index in [1.165, 1.54) is 29.0 Å². The minimum Gasteiger partial charge on any atom is -0.337 e. The van der Waals surface area contributed by atoms with Gasteiger partial charge in [-0.2, -0.15) is 10.1 Å². The van der Waals surface area contributed by atoms with Gasteiger partial charge in [0, 0.05) is 11.3 Å². The Morgan fingerprint density at radius 3 is 3.06 bits per heavy atom. The van der Waals surface area contributed by atoms with Crippen LogP contribution >= 0.6 is 0 Å². The summed E-state index contributed by atoms with van der Waals surface area (Å²) in [4.78, 5) is 17.5. The van der Waals surface area contributed by atoms with Crippen molar-refractivity contribution in [2.45, 2.75) is 25.3 Å². The summed E-state index contributed by atoms with van der Waals surface area (Å²) in [6.45, 7) is 2.88. The Morgan fingerprint density at radius 2 is 2.26 bits per heavy atom. The van der Waals surface area contributed by atoms with E-state index >= 15 is 0 Å². The molecule has 9 heteroatoms. The Labute approximate surface area is 176 Å². The van der Waals surface area contributed by atoms with Gasteiger partial charge in [0.2, 0.25) is 11.7 Å². The number of amides is 1. The monoisotopic (exact) mass is 418 g/mol. The molecule has 1 amide bonds. The fourth-order valence-corrected chi connectivity index (χ4v) is 4.44. The molecule has 1 aromatic carbocycles. The number of piperidine rings is 1. The molecule has 2 unspecified atom stereocenters. The van der Waals surface area contributed by atoms with Gasteiger partial charge in [-0.15, -0.1) is 0 Å². The average molecular weight is 418 g/mol. The molecule has 2 N–H and O–H groups in total. The highest BCUT2D eigenvalue weighted by Gasteiger charge is 2.62. The Bertz CT molecular complexity index is 1350. The first-order chi connectivity index (χ1) is 15.0. The molecular formula is C22H19FN6O2. The second kappa shape index (κ2) is 6.45. The van der Waals surface area contributed by atoms with E-state index in [1.807, 2.05) is 25.1 Å². The number of benzene rings is 1. The number of halogens is 1. The number of pyridine rings is 1. The van der Waals surface area contributed by atoms with Gasteiger partial charge in [0.25, 0.3) is 5.91 Å². The van der Waals surface area contributed by atoms with Crippen LogP contribution in [0, 0.1) is 18.7 Å². The highest BCUT2D eigenvalue weighted by Crippen LogP contribution is 2.56. The number of carbonyl (C=O) groups is 1. The number of anilines is 1. The van der Waals surface area contributed by atoms with Gasteiger partial charge in [0.15, 0.2) is 0 Å². The standard InChI is InChI=1S/C22H19FN6O2/c1-12-2-3-13(19-27-21(31-28-19)22-9-14(22)6-7-24-22)8-17(12)26-20(30)16-10-25-29-11-15(23)4-5-18(16)29/h2-5,8,10-11,14,24H,6-7,9H2,1H3,(H,26,30). The Kier molecular flexibility index (Phi) is 3.79. The first-order valence-corrected chi connectivity index (χ1v) is 10.2. The predicted octanol–water partition coefficient (Wildman–Crippen LogP) is 3.29. The molecule has 31 heavy (non-hydrogen) atoms. The zero-order valence-corrected chi connectivity index (χ0v) is 16.7. The number of carbonyl (C=O) groups excluding carboxylic acids is 1. The molecule has 4 aromatic rings. The highest BCUT2D eigenvalue weighted by atomic mass is 19.1. The largest absolute Gasteiger partial charge is 0.337 e. The summed E-state index contributed by atoms with van der Waals surface area (Å²) >= 11 is 0. The van der Waals surface area contributed by atoms with E-state index in [-0.39, 0.29) is 11.4 Å². The fraction of sp³-hybridized carbons (Fsp3) is 0.273. The average Bonchev–Trinajstić information content (AvgIpc) is 3.20. The normalized spacial score (nSPS) is 21.9. The second-order valence-electron chi connectivity index (χ2n) is 8.23. The topological polar surface area (TPSA) is 97.4 Å². The van der Waals surface area contributed by atoms with Crippen LogP contribution in [0.4, 0.5) is 10.1 Å². The van der Waals surface area contributed by atoms with E-state index < -0.39 is 5.82 Å². The number of aromatic nitrogens is 4. The van der Waals surface area contributed by atoms with Crippen LogP contribution in [0.1, 0.15) is 34.7 Å². The van der Waals surface area contributed by atoms with Gasteiger partial charge in [-0.05, 0) is 56.0 Å². The number of fused-ring (bicyclic) bond motifs is 2. The molecular weight excluding hydrogens is 399 g/mol. The molecule has 0 bridgehead atoms. The SMILES string of the molecule is Cc1ccc(-c2noc(C34CC3CCN4)n2)cc1NC(=O)c1cnn2cc(F)ccc12. The summed E-state index contributed by atoms with van der Waals surface area (Å²) in [5, 5.41) is 14.6. The number of rotatable bonds is 4. The minimum absolute atomic E-state index is 0.143. The number of nitrogens with one attached hydrogen (secondary N) is 2. The van der Waals surface area contributed by atoms with Crippen molar-refractivity contribution < 1.29 is 13.7 Å². The molecule has 8 nitrogen and oxygen atoms in total. The summed E-state index contributed by atoms with van der Waals surface area (Å²) in [5.74, 6) is 0.953. The third-order valence-corrected chi connectivity index (χ3v) is 6.31. The lowest BCUT2D eigenvalue weighted by Gasteiger charge is -2.09. The van der Waals surface area contributed by atoms with Crippen LogP contribution in [0.5, 0.6) is 0 Å². The van der Waals surface area contributed by atoms with Gasteiger partial charge in [0.05, 0.1) is 23.5 Å². The van der Waals surface area contributed by atoms with Crippen molar-refractivity contribution >= 4 is 17.1 Å². The van der Waals surface area contributed by atoms with E-state index in [1.54, 1.807) is 0 Å². The Morgan fingerprint density at radius 1 is 1.35 bits per heavy atom. The maximum absolute atomic E-state index is 13.4. The third-order valence-electron chi connectivity index (χ3n) is 6.31. The van der Waals surface area contributed by atoms with Gasteiger partial charge >= 0.3 is 0 Å². The molecule has 0 spiro atoms. The number of aryl methyl sites for hydroxylation is 1. The van der Waals surface area contributed by atoms with Gasteiger partial charge < -0.3 is 15.2 Å². The molecule has 2 fully saturated rings. The summed E-state index contributed by atoms with van der Waals surface area (Å²) < 4.78 is 20.3. The van der Waals surface area contributed by atoms with Gasteiger partial charge in [0.1, 0.15) is 11.4 Å². The molecule has 1 saturated heterocycles. The number of hydrogen-bond donors (Lipinski definition) is 2. The maximum atomic E-state index is 13.4. The van der Waals surface area contributed by atoms with Crippen LogP contribution in [-0.4, -0.2) is 32.2 Å². The summed E-state index contributed by atoms with van der Waals surface area (Å²) in [5.41, 5.74) is 3.02. The lowest BCUT2D eigenvalue weighted by atomic mass is 10.1. The quantitative estimate of drug-likeness (QED) is 0.528. The predicted molar refractivity (Wildman–Crippen MR) is 110 cm³/mol. The van der Waals surface area contributed by atoms with E-state index in [0.29, 0.717) is 34.4 Å². The summed E-state index contributed by atoms with van der Waals surface area (Å²) in [7, 11) is 0. The molecule has 0 radical (unpaired) electrons. The fourth-order valence-electron chi connectivity index (χ4n) is 4.44. The van der Waals surface area contributed by atoms with E-state index in [4.69, 9.17) is 4.52 Å². The Hall–Kier alpha value is -3.59. The first-order valence-electron chi connectivity index (χ1n) is 10.2. The van der Waals surface area contributed by atoms with Gasteiger partial charge in [-0.3, -0.25) is 4.79 Å².